The first-order chi connectivity index (χ1) is 20.0. The molecule has 3 heterocycles. The fraction of sp³-hybridized carbons (Fsp3) is 0.200. The smallest absolute Gasteiger partial charge is 0.271 e. The van der Waals surface area contributed by atoms with Gasteiger partial charge >= 0.3 is 0 Å². The molecule has 3 N–H and O–H groups in total. The van der Waals surface area contributed by atoms with Crippen LogP contribution < -0.4 is 15.1 Å². The number of nitrogens with zero attached hydrogens (tertiary/aromatic N) is 5. The number of fused-ring (bicyclic) bond motifs is 1. The molecule has 1 saturated heterocycles. The minimum absolute atomic E-state index is 0.0283. The van der Waals surface area contributed by atoms with E-state index < -0.39 is 0 Å². The minimum Gasteiger partial charge on any atom is -0.504 e. The number of phenols is 1. The fourth-order valence-electron chi connectivity index (χ4n) is 4.88. The molecule has 1 fully saturated rings. The SMILES string of the molecule is COc1cc(C=NNC(=O)c2ccc3nc(-c4c(C)nn(-c5ccccc5)c4N4CCOCC4)[nH]c3c2)ccc1O. The van der Waals surface area contributed by atoms with Gasteiger partial charge in [0.2, 0.25) is 0 Å². The number of amides is 1. The number of H-pyrrole nitrogens is 1. The molecule has 1 aliphatic rings. The number of aromatic hydroxyl groups is 1. The summed E-state index contributed by atoms with van der Waals surface area (Å²) in [6, 6.07) is 20.1. The Balaban J connectivity index is 1.30. The molecule has 3 aromatic carbocycles. The van der Waals surface area contributed by atoms with Crippen molar-refractivity contribution in [2.45, 2.75) is 6.92 Å². The molecule has 0 atom stereocenters. The second-order valence-corrected chi connectivity index (χ2v) is 9.58. The van der Waals surface area contributed by atoms with Crippen LogP contribution in [0.2, 0.25) is 0 Å². The van der Waals surface area contributed by atoms with Crippen molar-refractivity contribution in [1.82, 2.24) is 25.2 Å². The molecule has 0 unspecified atom stereocenters. The van der Waals surface area contributed by atoms with Crippen molar-refractivity contribution in [3.8, 4) is 28.6 Å². The lowest BCUT2D eigenvalue weighted by molar-refractivity contribution is 0.0955. The number of aryl methyl sites for hydroxylation is 1. The number of phenolic OH excluding ortho intramolecular Hbond substituents is 1. The number of morpholine rings is 1. The number of aromatic nitrogens is 4. The molecule has 0 radical (unpaired) electrons. The first-order valence-corrected chi connectivity index (χ1v) is 13.2. The Bertz CT molecular complexity index is 1740. The zero-order chi connectivity index (χ0) is 28.3. The number of rotatable bonds is 7. The summed E-state index contributed by atoms with van der Waals surface area (Å²) in [6.45, 7) is 4.74. The van der Waals surface area contributed by atoms with Gasteiger partial charge in [-0.25, -0.2) is 15.1 Å². The quantitative estimate of drug-likeness (QED) is 0.206. The van der Waals surface area contributed by atoms with E-state index in [1.807, 2.05) is 48.0 Å². The molecule has 1 aliphatic heterocycles. The third-order valence-electron chi connectivity index (χ3n) is 6.91. The van der Waals surface area contributed by atoms with E-state index in [1.165, 1.54) is 19.4 Å². The molecule has 0 spiro atoms. The molecule has 11 nitrogen and oxygen atoms in total. The highest BCUT2D eigenvalue weighted by molar-refractivity contribution is 5.98. The molecular formula is C30H29N7O4. The number of hydrogen-bond acceptors (Lipinski definition) is 8. The van der Waals surface area contributed by atoms with E-state index in [9.17, 15) is 9.90 Å². The molecule has 0 bridgehead atoms. The average molecular weight is 552 g/mol. The summed E-state index contributed by atoms with van der Waals surface area (Å²) >= 11 is 0. The van der Waals surface area contributed by atoms with Gasteiger partial charge in [0.25, 0.3) is 5.91 Å². The Labute approximate surface area is 236 Å². The van der Waals surface area contributed by atoms with Crippen molar-refractivity contribution in [2.24, 2.45) is 5.10 Å². The van der Waals surface area contributed by atoms with E-state index in [4.69, 9.17) is 19.6 Å². The normalized spacial score (nSPS) is 13.7. The third-order valence-corrected chi connectivity index (χ3v) is 6.91. The largest absolute Gasteiger partial charge is 0.504 e. The van der Waals surface area contributed by atoms with Gasteiger partial charge in [0.1, 0.15) is 11.6 Å². The number of carbonyl (C=O) groups excluding carboxylic acids is 1. The van der Waals surface area contributed by atoms with Gasteiger partial charge in [-0.05, 0) is 61.0 Å². The second kappa shape index (κ2) is 11.1. The molecule has 0 aliphatic carbocycles. The van der Waals surface area contributed by atoms with E-state index in [2.05, 4.69) is 20.4 Å². The summed E-state index contributed by atoms with van der Waals surface area (Å²) in [5.41, 5.74) is 7.81. The van der Waals surface area contributed by atoms with Gasteiger partial charge < -0.3 is 24.5 Å². The number of aromatic amines is 1. The van der Waals surface area contributed by atoms with E-state index in [0.717, 1.165) is 46.9 Å². The predicted molar refractivity (Wildman–Crippen MR) is 156 cm³/mol. The van der Waals surface area contributed by atoms with Gasteiger partial charge in [-0.2, -0.15) is 10.2 Å². The van der Waals surface area contributed by atoms with E-state index in [1.54, 1.807) is 24.3 Å². The molecule has 0 saturated carbocycles. The van der Waals surface area contributed by atoms with Crippen molar-refractivity contribution in [1.29, 1.82) is 0 Å². The molecule has 5 aromatic rings. The topological polar surface area (TPSA) is 130 Å². The van der Waals surface area contributed by atoms with Gasteiger partial charge in [0.05, 0.1) is 54.5 Å². The number of methoxy groups -OCH3 is 1. The molecule has 208 valence electrons. The zero-order valence-corrected chi connectivity index (χ0v) is 22.7. The van der Waals surface area contributed by atoms with Gasteiger partial charge in [-0.3, -0.25) is 4.79 Å². The summed E-state index contributed by atoms with van der Waals surface area (Å²) in [5, 5.41) is 18.7. The highest BCUT2D eigenvalue weighted by atomic mass is 16.5. The lowest BCUT2D eigenvalue weighted by atomic mass is 10.2. The lowest BCUT2D eigenvalue weighted by Crippen LogP contribution is -2.37. The Morgan fingerprint density at radius 1 is 1.12 bits per heavy atom. The maximum Gasteiger partial charge on any atom is 0.271 e. The molecular weight excluding hydrogens is 522 g/mol. The second-order valence-electron chi connectivity index (χ2n) is 9.58. The lowest BCUT2D eigenvalue weighted by Gasteiger charge is -2.30. The number of imidazole rings is 1. The number of hydrazone groups is 1. The Kier molecular flexibility index (Phi) is 7.09. The van der Waals surface area contributed by atoms with Crippen LogP contribution in [0.4, 0.5) is 5.82 Å². The fourth-order valence-corrected chi connectivity index (χ4v) is 4.88. The summed E-state index contributed by atoms with van der Waals surface area (Å²) in [7, 11) is 1.47. The first kappa shape index (κ1) is 26.1. The van der Waals surface area contributed by atoms with E-state index in [0.29, 0.717) is 35.9 Å². The maximum absolute atomic E-state index is 12.9. The van der Waals surface area contributed by atoms with Crippen molar-refractivity contribution >= 4 is 29.0 Å². The molecule has 6 rings (SSSR count). The summed E-state index contributed by atoms with van der Waals surface area (Å²) in [4.78, 5) is 23.4. The van der Waals surface area contributed by atoms with Gasteiger partial charge in [-0.1, -0.05) is 18.2 Å². The van der Waals surface area contributed by atoms with Crippen LogP contribution in [-0.2, 0) is 4.74 Å². The van der Waals surface area contributed by atoms with Crippen LogP contribution >= 0.6 is 0 Å². The number of para-hydroxylation sites is 1. The average Bonchev–Trinajstić information content (AvgIpc) is 3.58. The Hall–Kier alpha value is -5.16. The zero-order valence-electron chi connectivity index (χ0n) is 22.7. The number of hydrogen-bond donors (Lipinski definition) is 3. The molecule has 11 heteroatoms. The first-order valence-electron chi connectivity index (χ1n) is 13.2. The van der Waals surface area contributed by atoms with Crippen LogP contribution in [0.25, 0.3) is 28.1 Å². The highest BCUT2D eigenvalue weighted by Crippen LogP contribution is 2.36. The van der Waals surface area contributed by atoms with Crippen LogP contribution in [-0.4, -0.2) is 70.4 Å². The van der Waals surface area contributed by atoms with Crippen LogP contribution in [0.15, 0.2) is 71.8 Å². The van der Waals surface area contributed by atoms with Crippen molar-refractivity contribution < 1.29 is 19.4 Å². The van der Waals surface area contributed by atoms with Crippen molar-refractivity contribution in [2.75, 3.05) is 38.3 Å². The van der Waals surface area contributed by atoms with Crippen molar-refractivity contribution in [3.05, 3.63) is 83.6 Å². The molecule has 41 heavy (non-hydrogen) atoms. The third kappa shape index (κ3) is 5.22. The summed E-state index contributed by atoms with van der Waals surface area (Å²) in [6.07, 6.45) is 1.48. The maximum atomic E-state index is 12.9. The monoisotopic (exact) mass is 551 g/mol. The van der Waals surface area contributed by atoms with Gasteiger partial charge in [-0.15, -0.1) is 0 Å². The highest BCUT2D eigenvalue weighted by Gasteiger charge is 2.26. The summed E-state index contributed by atoms with van der Waals surface area (Å²) < 4.78 is 12.7. The number of benzene rings is 3. The Morgan fingerprint density at radius 3 is 2.71 bits per heavy atom. The van der Waals surface area contributed by atoms with E-state index >= 15 is 0 Å². The van der Waals surface area contributed by atoms with Crippen LogP contribution in [0, 0.1) is 6.92 Å². The van der Waals surface area contributed by atoms with Crippen LogP contribution in [0.5, 0.6) is 11.5 Å². The molecule has 2 aromatic heterocycles. The number of ether oxygens (including phenoxy) is 2. The van der Waals surface area contributed by atoms with E-state index in [-0.39, 0.29) is 11.7 Å². The van der Waals surface area contributed by atoms with Crippen LogP contribution in [0.1, 0.15) is 21.6 Å². The van der Waals surface area contributed by atoms with Crippen molar-refractivity contribution in [3.63, 3.8) is 0 Å². The number of anilines is 1. The predicted octanol–water partition coefficient (Wildman–Crippen LogP) is 4.04. The molecule has 1 amide bonds. The number of nitrogens with one attached hydrogen (secondary N) is 2. The standard InChI is InChI=1S/C30H29N7O4/c1-19-27(30(36-12-14-41-15-13-36)37(35-19)22-6-4-3-5-7-22)28-32-23-10-9-21(17-24(23)33-28)29(39)34-31-18-20-8-11-25(38)26(16-20)40-2/h3-11,16-18,38H,12-15H2,1-2H3,(H,32,33)(H,34,39). The van der Waals surface area contributed by atoms with Crippen LogP contribution in [0.3, 0.4) is 0 Å². The Morgan fingerprint density at radius 2 is 1.93 bits per heavy atom. The minimum atomic E-state index is -0.368. The summed E-state index contributed by atoms with van der Waals surface area (Å²) in [5.74, 6) is 1.61. The number of carbonyl (C=O) groups is 1. The van der Waals surface area contributed by atoms with Gasteiger partial charge in [0.15, 0.2) is 11.5 Å². The van der Waals surface area contributed by atoms with Gasteiger partial charge in [0, 0.05) is 18.7 Å².